The molecule has 0 bridgehead atoms. The van der Waals surface area contributed by atoms with Gasteiger partial charge in [0, 0.05) is 27.5 Å². The number of aromatic amines is 1. The van der Waals surface area contributed by atoms with Crippen molar-refractivity contribution in [2.24, 2.45) is 5.92 Å². The van der Waals surface area contributed by atoms with Gasteiger partial charge >= 0.3 is 5.97 Å². The molecule has 1 aromatic carbocycles. The molecule has 4 rings (SSSR count). The highest BCUT2D eigenvalue weighted by Gasteiger charge is 2.22. The van der Waals surface area contributed by atoms with E-state index in [9.17, 15) is 9.59 Å². The first kappa shape index (κ1) is 18.0. The average Bonchev–Trinajstić information content (AvgIpc) is 3.29. The summed E-state index contributed by atoms with van der Waals surface area (Å²) in [5.74, 6) is 0.0784. The van der Waals surface area contributed by atoms with Gasteiger partial charge in [-0.15, -0.1) is 11.3 Å². The number of Topliss-reactive ketones (excluding diaryl/α,β-unsaturated/α-hetero) is 1. The van der Waals surface area contributed by atoms with Crippen LogP contribution >= 0.6 is 11.3 Å². The van der Waals surface area contributed by atoms with Gasteiger partial charge in [-0.25, -0.2) is 4.79 Å². The van der Waals surface area contributed by atoms with Crippen LogP contribution in [0.3, 0.4) is 0 Å². The third-order valence-corrected chi connectivity index (χ3v) is 6.56. The zero-order valence-electron chi connectivity index (χ0n) is 15.6. The molecule has 0 spiro atoms. The molecule has 0 amide bonds. The van der Waals surface area contributed by atoms with E-state index in [0.717, 1.165) is 30.2 Å². The van der Waals surface area contributed by atoms with Crippen molar-refractivity contribution in [3.63, 3.8) is 0 Å². The fourth-order valence-electron chi connectivity index (χ4n) is 3.83. The molecule has 3 aromatic rings. The van der Waals surface area contributed by atoms with Gasteiger partial charge in [-0.2, -0.15) is 0 Å². The Bertz CT molecular complexity index is 1010. The number of ether oxygens (including phenoxy) is 1. The summed E-state index contributed by atoms with van der Waals surface area (Å²) >= 11 is 1.51. The Morgan fingerprint density at radius 2 is 2.19 bits per heavy atom. The molecule has 27 heavy (non-hydrogen) atoms. The Kier molecular flexibility index (Phi) is 4.87. The largest absolute Gasteiger partial charge is 0.453 e. The van der Waals surface area contributed by atoms with Gasteiger partial charge in [0.25, 0.3) is 0 Å². The quantitative estimate of drug-likeness (QED) is 0.502. The number of benzene rings is 1. The molecule has 0 unspecified atom stereocenters. The summed E-state index contributed by atoms with van der Waals surface area (Å²) in [5.41, 5.74) is 3.99. The van der Waals surface area contributed by atoms with E-state index in [4.69, 9.17) is 4.74 Å². The zero-order valence-corrected chi connectivity index (χ0v) is 16.4. The van der Waals surface area contributed by atoms with Crippen LogP contribution in [0.1, 0.15) is 56.3 Å². The summed E-state index contributed by atoms with van der Waals surface area (Å²) in [6.45, 7) is 4.09. The molecule has 0 saturated carbocycles. The van der Waals surface area contributed by atoms with E-state index in [-0.39, 0.29) is 12.4 Å². The molecular formula is C22H23NO3S. The number of aromatic nitrogens is 1. The highest BCUT2D eigenvalue weighted by molar-refractivity contribution is 7.14. The number of para-hydroxylation sites is 1. The van der Waals surface area contributed by atoms with Crippen molar-refractivity contribution in [2.45, 2.75) is 39.5 Å². The third-order valence-electron chi connectivity index (χ3n) is 5.35. The van der Waals surface area contributed by atoms with Crippen LogP contribution in [0, 0.1) is 5.92 Å². The maximum atomic E-state index is 12.6. The van der Waals surface area contributed by atoms with Crippen LogP contribution in [0.5, 0.6) is 0 Å². The molecule has 5 heteroatoms. The molecule has 0 fully saturated rings. The molecule has 1 aliphatic rings. The third kappa shape index (κ3) is 3.44. The molecule has 1 atom stereocenters. The Morgan fingerprint density at radius 3 is 3.00 bits per heavy atom. The van der Waals surface area contributed by atoms with Crippen LogP contribution in [-0.4, -0.2) is 23.3 Å². The van der Waals surface area contributed by atoms with Crippen molar-refractivity contribution < 1.29 is 14.3 Å². The highest BCUT2D eigenvalue weighted by Crippen LogP contribution is 2.32. The average molecular weight is 381 g/mol. The predicted molar refractivity (Wildman–Crippen MR) is 108 cm³/mol. The Balaban J connectivity index is 1.46. The van der Waals surface area contributed by atoms with E-state index < -0.39 is 5.97 Å². The molecule has 1 N–H and O–H groups in total. The van der Waals surface area contributed by atoms with E-state index in [1.165, 1.54) is 33.8 Å². The van der Waals surface area contributed by atoms with Gasteiger partial charge in [0.2, 0.25) is 5.78 Å². The van der Waals surface area contributed by atoms with E-state index in [1.807, 2.05) is 24.3 Å². The number of rotatable bonds is 5. The van der Waals surface area contributed by atoms with Gasteiger partial charge in [0.05, 0.1) is 0 Å². The van der Waals surface area contributed by atoms with Gasteiger partial charge in [0.1, 0.15) is 4.88 Å². The predicted octanol–water partition coefficient (Wildman–Crippen LogP) is 4.96. The lowest BCUT2D eigenvalue weighted by atomic mass is 9.90. The van der Waals surface area contributed by atoms with Crippen LogP contribution in [0.15, 0.2) is 30.5 Å². The number of thiophene rings is 1. The van der Waals surface area contributed by atoms with Gasteiger partial charge in [-0.3, -0.25) is 4.79 Å². The number of nitrogens with one attached hydrogen (secondary N) is 1. The summed E-state index contributed by atoms with van der Waals surface area (Å²) in [4.78, 5) is 30.1. The molecule has 2 aromatic heterocycles. The van der Waals surface area contributed by atoms with Crippen molar-refractivity contribution in [3.8, 4) is 0 Å². The standard InChI is InChI=1S/C22H23NO3S/c1-3-14-5-4-6-16-17(11-23-21(14)16)18(24)12-26-22(25)20-10-15-9-13(2)7-8-19(15)27-20/h4-6,10-11,13,23H,3,7-9,12H2,1-2H3/t13-/m0/s1. The Hall–Kier alpha value is -2.40. The molecule has 0 radical (unpaired) electrons. The minimum Gasteiger partial charge on any atom is -0.453 e. The number of fused-ring (bicyclic) bond motifs is 2. The summed E-state index contributed by atoms with van der Waals surface area (Å²) in [6, 6.07) is 7.87. The fraction of sp³-hybridized carbons (Fsp3) is 0.364. The number of carbonyl (C=O) groups excluding carboxylic acids is 2. The lowest BCUT2D eigenvalue weighted by Crippen LogP contribution is -2.13. The number of H-pyrrole nitrogens is 1. The van der Waals surface area contributed by atoms with Crippen molar-refractivity contribution in [3.05, 3.63) is 56.9 Å². The number of hydrogen-bond donors (Lipinski definition) is 1. The molecule has 4 nitrogen and oxygen atoms in total. The maximum absolute atomic E-state index is 12.6. The monoisotopic (exact) mass is 381 g/mol. The summed E-state index contributed by atoms with van der Waals surface area (Å²) in [7, 11) is 0. The molecule has 1 aliphatic carbocycles. The Morgan fingerprint density at radius 1 is 1.33 bits per heavy atom. The lowest BCUT2D eigenvalue weighted by Gasteiger charge is -2.16. The van der Waals surface area contributed by atoms with Gasteiger partial charge in [-0.1, -0.05) is 32.0 Å². The normalized spacial score (nSPS) is 16.3. The first-order valence-electron chi connectivity index (χ1n) is 9.47. The summed E-state index contributed by atoms with van der Waals surface area (Å²) < 4.78 is 5.33. The number of carbonyl (C=O) groups is 2. The second kappa shape index (κ2) is 7.31. The van der Waals surface area contributed by atoms with Crippen LogP contribution in [-0.2, 0) is 24.0 Å². The number of aryl methyl sites for hydroxylation is 2. The van der Waals surface area contributed by atoms with Crippen molar-refractivity contribution in [1.29, 1.82) is 0 Å². The van der Waals surface area contributed by atoms with Gasteiger partial charge < -0.3 is 9.72 Å². The van der Waals surface area contributed by atoms with Crippen molar-refractivity contribution in [1.82, 2.24) is 4.98 Å². The fourth-order valence-corrected chi connectivity index (χ4v) is 4.93. The van der Waals surface area contributed by atoms with Crippen LogP contribution in [0.4, 0.5) is 0 Å². The first-order valence-corrected chi connectivity index (χ1v) is 10.3. The number of hydrogen-bond acceptors (Lipinski definition) is 4. The lowest BCUT2D eigenvalue weighted by molar-refractivity contribution is 0.0480. The van der Waals surface area contributed by atoms with Crippen molar-refractivity contribution >= 4 is 34.0 Å². The molecular weight excluding hydrogens is 358 g/mol. The van der Waals surface area contributed by atoms with Crippen molar-refractivity contribution in [2.75, 3.05) is 6.61 Å². The molecule has 0 aliphatic heterocycles. The topological polar surface area (TPSA) is 59.2 Å². The molecule has 0 saturated heterocycles. The van der Waals surface area contributed by atoms with E-state index in [0.29, 0.717) is 16.4 Å². The van der Waals surface area contributed by atoms with E-state index >= 15 is 0 Å². The number of esters is 1. The highest BCUT2D eigenvalue weighted by atomic mass is 32.1. The summed E-state index contributed by atoms with van der Waals surface area (Å²) in [5, 5.41) is 0.885. The van der Waals surface area contributed by atoms with Gasteiger partial charge in [0.15, 0.2) is 6.61 Å². The SMILES string of the molecule is CCc1cccc2c(C(=O)COC(=O)c3cc4c(s3)CC[C@H](C)C4)c[nH]c12. The first-order chi connectivity index (χ1) is 13.1. The van der Waals surface area contributed by atoms with E-state index in [1.54, 1.807) is 6.20 Å². The van der Waals surface area contributed by atoms with Crippen LogP contribution in [0.2, 0.25) is 0 Å². The smallest absolute Gasteiger partial charge is 0.348 e. The zero-order chi connectivity index (χ0) is 19.0. The summed E-state index contributed by atoms with van der Waals surface area (Å²) in [6.07, 6.45) is 5.82. The second-order valence-electron chi connectivity index (χ2n) is 7.30. The van der Waals surface area contributed by atoms with E-state index in [2.05, 4.69) is 18.8 Å². The van der Waals surface area contributed by atoms with Gasteiger partial charge in [-0.05, 0) is 48.8 Å². The Labute approximate surface area is 162 Å². The van der Waals surface area contributed by atoms with Crippen LogP contribution < -0.4 is 0 Å². The number of ketones is 1. The molecule has 140 valence electrons. The minimum absolute atomic E-state index is 0.183. The van der Waals surface area contributed by atoms with Crippen LogP contribution in [0.25, 0.3) is 10.9 Å². The maximum Gasteiger partial charge on any atom is 0.348 e. The minimum atomic E-state index is -0.399. The second-order valence-corrected chi connectivity index (χ2v) is 8.44. The molecule has 2 heterocycles.